The summed E-state index contributed by atoms with van der Waals surface area (Å²) in [6.07, 6.45) is 1.61. The number of amides is 2. The molecule has 0 saturated carbocycles. The zero-order valence-corrected chi connectivity index (χ0v) is 14.5. The summed E-state index contributed by atoms with van der Waals surface area (Å²) in [5, 5.41) is 14.4. The minimum Gasteiger partial charge on any atom is -0.331 e. The minimum atomic E-state index is -0.242. The number of aryl methyl sites for hydroxylation is 1. The first kappa shape index (κ1) is 17.3. The fourth-order valence-corrected chi connectivity index (χ4v) is 2.56. The second-order valence-corrected chi connectivity index (χ2v) is 6.35. The van der Waals surface area contributed by atoms with Crippen molar-refractivity contribution in [2.45, 2.75) is 32.9 Å². The summed E-state index contributed by atoms with van der Waals surface area (Å²) in [6, 6.07) is 6.94. The Bertz CT molecular complexity index is 653. The molecule has 0 aliphatic carbocycles. The van der Waals surface area contributed by atoms with E-state index in [1.165, 1.54) is 0 Å². The van der Waals surface area contributed by atoms with Crippen LogP contribution in [-0.4, -0.2) is 20.8 Å². The van der Waals surface area contributed by atoms with E-state index in [1.807, 2.05) is 38.2 Å². The van der Waals surface area contributed by atoms with Gasteiger partial charge in [0.25, 0.3) is 0 Å². The van der Waals surface area contributed by atoms with E-state index in [0.29, 0.717) is 10.8 Å². The Hall–Kier alpha value is -2.08. The van der Waals surface area contributed by atoms with Crippen LogP contribution in [-0.2, 0) is 7.05 Å². The van der Waals surface area contributed by atoms with Crippen LogP contribution in [0.1, 0.15) is 44.2 Å². The van der Waals surface area contributed by atoms with E-state index in [1.54, 1.807) is 10.9 Å². The van der Waals surface area contributed by atoms with Crippen molar-refractivity contribution in [2.24, 2.45) is 13.0 Å². The number of carbonyl (C=O) groups is 1. The number of aromatic nitrogens is 3. The summed E-state index contributed by atoms with van der Waals surface area (Å²) in [5.41, 5.74) is 1.02. The molecular weight excluding hydrogens is 314 g/mol. The highest BCUT2D eigenvalue weighted by atomic mass is 35.5. The van der Waals surface area contributed by atoms with Crippen molar-refractivity contribution in [3.05, 3.63) is 47.0 Å². The van der Waals surface area contributed by atoms with Crippen molar-refractivity contribution in [3.63, 3.8) is 0 Å². The number of benzene rings is 1. The zero-order chi connectivity index (χ0) is 17.0. The Kier molecular flexibility index (Phi) is 5.60. The third-order valence-electron chi connectivity index (χ3n) is 3.66. The van der Waals surface area contributed by atoms with Gasteiger partial charge in [-0.3, -0.25) is 0 Å². The van der Waals surface area contributed by atoms with Gasteiger partial charge in [-0.25, -0.2) is 4.79 Å². The molecule has 0 fully saturated rings. The molecule has 1 aromatic carbocycles. The molecule has 0 bridgehead atoms. The molecule has 2 amide bonds. The van der Waals surface area contributed by atoms with Gasteiger partial charge in [-0.2, -0.15) is 0 Å². The maximum Gasteiger partial charge on any atom is 0.315 e. The molecule has 0 aliphatic heterocycles. The van der Waals surface area contributed by atoms with Crippen LogP contribution in [0, 0.1) is 5.92 Å². The highest BCUT2D eigenvalue weighted by Gasteiger charge is 2.20. The third-order valence-corrected chi connectivity index (χ3v) is 3.92. The van der Waals surface area contributed by atoms with E-state index in [2.05, 4.69) is 34.7 Å². The average molecular weight is 336 g/mol. The Morgan fingerprint density at radius 1 is 1.17 bits per heavy atom. The molecule has 2 rings (SSSR count). The Morgan fingerprint density at radius 2 is 1.83 bits per heavy atom. The maximum absolute atomic E-state index is 12.3. The van der Waals surface area contributed by atoms with E-state index in [-0.39, 0.29) is 24.0 Å². The number of hydrogen-bond acceptors (Lipinski definition) is 3. The number of halogens is 1. The molecule has 1 aromatic heterocycles. The normalized spacial score (nSPS) is 13.7. The quantitative estimate of drug-likeness (QED) is 0.881. The van der Waals surface area contributed by atoms with Crippen molar-refractivity contribution in [3.8, 4) is 0 Å². The Labute approximate surface area is 141 Å². The van der Waals surface area contributed by atoms with E-state index in [4.69, 9.17) is 11.6 Å². The molecular formula is C16H22ClN5O. The smallest absolute Gasteiger partial charge is 0.315 e. The number of urea groups is 1. The van der Waals surface area contributed by atoms with Crippen molar-refractivity contribution >= 4 is 17.6 Å². The van der Waals surface area contributed by atoms with E-state index < -0.39 is 0 Å². The van der Waals surface area contributed by atoms with Gasteiger partial charge >= 0.3 is 6.03 Å². The summed E-state index contributed by atoms with van der Waals surface area (Å²) < 4.78 is 1.78. The molecule has 2 N–H and O–H groups in total. The van der Waals surface area contributed by atoms with Gasteiger partial charge in [-0.1, -0.05) is 37.6 Å². The van der Waals surface area contributed by atoms with Gasteiger partial charge in [0.05, 0.1) is 12.1 Å². The maximum atomic E-state index is 12.3. The first-order valence-electron chi connectivity index (χ1n) is 7.55. The second-order valence-electron chi connectivity index (χ2n) is 5.91. The number of nitrogens with zero attached hydrogens (tertiary/aromatic N) is 3. The van der Waals surface area contributed by atoms with Gasteiger partial charge in [0.15, 0.2) is 5.82 Å². The molecule has 2 atom stereocenters. The SMILES string of the molecule is CC(C)[C@H](NC(=O)N[C@@H](C)c1nncn1C)c1ccc(Cl)cc1. The first-order valence-corrected chi connectivity index (χ1v) is 7.92. The molecule has 23 heavy (non-hydrogen) atoms. The monoisotopic (exact) mass is 335 g/mol. The summed E-state index contributed by atoms with van der Waals surface area (Å²) in [7, 11) is 1.84. The molecule has 6 nitrogen and oxygen atoms in total. The van der Waals surface area contributed by atoms with Crippen LogP contribution >= 0.6 is 11.6 Å². The Balaban J connectivity index is 2.04. The van der Waals surface area contributed by atoms with Crippen LogP contribution < -0.4 is 10.6 Å². The fourth-order valence-electron chi connectivity index (χ4n) is 2.43. The zero-order valence-electron chi connectivity index (χ0n) is 13.7. The highest BCUT2D eigenvalue weighted by Crippen LogP contribution is 2.23. The van der Waals surface area contributed by atoms with Crippen LogP contribution in [0.15, 0.2) is 30.6 Å². The van der Waals surface area contributed by atoms with Crippen molar-refractivity contribution < 1.29 is 4.79 Å². The van der Waals surface area contributed by atoms with Gasteiger partial charge in [0.2, 0.25) is 0 Å². The largest absolute Gasteiger partial charge is 0.331 e. The average Bonchev–Trinajstić information content (AvgIpc) is 2.92. The van der Waals surface area contributed by atoms with Gasteiger partial charge in [-0.15, -0.1) is 10.2 Å². The summed E-state index contributed by atoms with van der Waals surface area (Å²) >= 11 is 5.93. The van der Waals surface area contributed by atoms with Gasteiger partial charge in [0.1, 0.15) is 6.33 Å². The standard InChI is InChI=1S/C16H22ClN5O/c1-10(2)14(12-5-7-13(17)8-6-12)20-16(23)19-11(3)15-21-18-9-22(15)4/h5-11,14H,1-4H3,(H2,19,20,23)/t11-,14-/m0/s1. The summed E-state index contributed by atoms with van der Waals surface area (Å²) in [4.78, 5) is 12.3. The Morgan fingerprint density at radius 3 is 2.35 bits per heavy atom. The lowest BCUT2D eigenvalue weighted by Gasteiger charge is -2.24. The number of rotatable bonds is 5. The lowest BCUT2D eigenvalue weighted by atomic mass is 9.96. The predicted octanol–water partition coefficient (Wildman–Crippen LogP) is 3.23. The summed E-state index contributed by atoms with van der Waals surface area (Å²) in [6.45, 7) is 5.99. The number of nitrogens with one attached hydrogen (secondary N) is 2. The van der Waals surface area contributed by atoms with E-state index in [0.717, 1.165) is 5.56 Å². The van der Waals surface area contributed by atoms with Crippen LogP contribution in [0.25, 0.3) is 0 Å². The van der Waals surface area contributed by atoms with Gasteiger partial charge in [0, 0.05) is 12.1 Å². The van der Waals surface area contributed by atoms with E-state index in [9.17, 15) is 4.79 Å². The van der Waals surface area contributed by atoms with Gasteiger partial charge < -0.3 is 15.2 Å². The molecule has 2 aromatic rings. The first-order chi connectivity index (χ1) is 10.9. The van der Waals surface area contributed by atoms with Crippen LogP contribution in [0.3, 0.4) is 0 Å². The molecule has 0 saturated heterocycles. The summed E-state index contributed by atoms with van der Waals surface area (Å²) in [5.74, 6) is 0.944. The lowest BCUT2D eigenvalue weighted by molar-refractivity contribution is 0.229. The minimum absolute atomic E-state index is 0.0982. The molecule has 0 unspecified atom stereocenters. The predicted molar refractivity (Wildman–Crippen MR) is 90.1 cm³/mol. The molecule has 0 aliphatic rings. The van der Waals surface area contributed by atoms with Crippen LogP contribution in [0.2, 0.25) is 5.02 Å². The van der Waals surface area contributed by atoms with Gasteiger partial charge in [-0.05, 0) is 30.5 Å². The number of carbonyl (C=O) groups excluding carboxylic acids is 1. The van der Waals surface area contributed by atoms with Crippen molar-refractivity contribution in [1.29, 1.82) is 0 Å². The van der Waals surface area contributed by atoms with Crippen LogP contribution in [0.5, 0.6) is 0 Å². The molecule has 0 spiro atoms. The molecule has 0 radical (unpaired) electrons. The third kappa shape index (κ3) is 4.45. The van der Waals surface area contributed by atoms with Crippen LogP contribution in [0.4, 0.5) is 4.79 Å². The van der Waals surface area contributed by atoms with Crippen molar-refractivity contribution in [1.82, 2.24) is 25.4 Å². The fraction of sp³-hybridized carbons (Fsp3) is 0.438. The number of hydrogen-bond donors (Lipinski definition) is 2. The second kappa shape index (κ2) is 7.46. The lowest BCUT2D eigenvalue weighted by Crippen LogP contribution is -2.41. The molecule has 7 heteroatoms. The molecule has 124 valence electrons. The van der Waals surface area contributed by atoms with E-state index >= 15 is 0 Å². The molecule has 1 heterocycles. The topological polar surface area (TPSA) is 71.8 Å². The van der Waals surface area contributed by atoms with Crippen molar-refractivity contribution in [2.75, 3.05) is 0 Å². The highest BCUT2D eigenvalue weighted by molar-refractivity contribution is 6.30.